The second kappa shape index (κ2) is 4.38. The summed E-state index contributed by atoms with van der Waals surface area (Å²) in [5.74, 6) is -0.361. The number of benzene rings is 1. The number of nitrogens with zero attached hydrogens (tertiary/aromatic N) is 1. The lowest BCUT2D eigenvalue weighted by atomic mass is 10.00. The zero-order valence-corrected chi connectivity index (χ0v) is 10.8. The van der Waals surface area contributed by atoms with E-state index in [1.807, 2.05) is 19.9 Å². The van der Waals surface area contributed by atoms with Gasteiger partial charge in [0, 0.05) is 5.56 Å². The summed E-state index contributed by atoms with van der Waals surface area (Å²) in [5.41, 5.74) is -0.325. The largest absolute Gasteiger partial charge is 0.483 e. The van der Waals surface area contributed by atoms with E-state index in [0.717, 1.165) is 0 Å². The van der Waals surface area contributed by atoms with Crippen molar-refractivity contribution in [1.29, 1.82) is 0 Å². The van der Waals surface area contributed by atoms with Crippen molar-refractivity contribution in [2.75, 3.05) is 7.11 Å². The summed E-state index contributed by atoms with van der Waals surface area (Å²) < 4.78 is 10.2. The van der Waals surface area contributed by atoms with E-state index < -0.39 is 16.5 Å². The molecule has 0 fully saturated rings. The number of methoxy groups -OCH3 is 1. The van der Waals surface area contributed by atoms with Gasteiger partial charge in [0.25, 0.3) is 5.69 Å². The molecule has 2 rings (SSSR count). The number of fused-ring (bicyclic) bond motifs is 1. The Labute approximate surface area is 109 Å². The highest BCUT2D eigenvalue weighted by atomic mass is 16.6. The quantitative estimate of drug-likeness (QED) is 0.465. The molecule has 0 radical (unpaired) electrons. The molecule has 1 heterocycles. The number of nitro benzene ring substituents is 1. The molecule has 19 heavy (non-hydrogen) atoms. The average Bonchev–Trinajstić information content (AvgIpc) is 2.35. The minimum Gasteiger partial charge on any atom is -0.483 e. The van der Waals surface area contributed by atoms with Crippen LogP contribution in [0.1, 0.15) is 29.8 Å². The van der Waals surface area contributed by atoms with Crippen LogP contribution in [0.25, 0.3) is 6.08 Å². The van der Waals surface area contributed by atoms with E-state index in [0.29, 0.717) is 11.3 Å². The van der Waals surface area contributed by atoms with E-state index >= 15 is 0 Å². The normalized spacial score (nSPS) is 15.3. The van der Waals surface area contributed by atoms with Crippen LogP contribution in [-0.2, 0) is 4.74 Å². The van der Waals surface area contributed by atoms with Crippen LogP contribution in [-0.4, -0.2) is 23.6 Å². The number of carbonyl (C=O) groups is 1. The summed E-state index contributed by atoms with van der Waals surface area (Å²) in [6, 6.07) is 2.66. The Kier molecular flexibility index (Phi) is 3.01. The Hall–Kier alpha value is -2.37. The topological polar surface area (TPSA) is 78.7 Å². The maximum absolute atomic E-state index is 11.6. The van der Waals surface area contributed by atoms with Crippen molar-refractivity contribution in [2.24, 2.45) is 0 Å². The zero-order chi connectivity index (χ0) is 14.2. The molecule has 1 aliphatic heterocycles. The van der Waals surface area contributed by atoms with Crippen molar-refractivity contribution < 1.29 is 19.2 Å². The van der Waals surface area contributed by atoms with Crippen molar-refractivity contribution in [3.63, 3.8) is 0 Å². The third-order valence-electron chi connectivity index (χ3n) is 2.77. The molecule has 0 unspecified atom stereocenters. The minimum absolute atomic E-state index is 0.0841. The SMILES string of the molecule is COC(=O)c1cc2c(cc1[N+](=O)[O-])OC(C)(C)C=C2. The molecular formula is C13H13NO5. The maximum Gasteiger partial charge on any atom is 0.344 e. The van der Waals surface area contributed by atoms with Gasteiger partial charge in [0.05, 0.1) is 18.1 Å². The van der Waals surface area contributed by atoms with Gasteiger partial charge in [0.1, 0.15) is 16.9 Å². The Morgan fingerprint density at radius 2 is 2.11 bits per heavy atom. The Morgan fingerprint density at radius 3 is 2.68 bits per heavy atom. The van der Waals surface area contributed by atoms with E-state index in [1.54, 1.807) is 6.08 Å². The summed E-state index contributed by atoms with van der Waals surface area (Å²) in [6.07, 6.45) is 3.59. The average molecular weight is 263 g/mol. The smallest absolute Gasteiger partial charge is 0.344 e. The van der Waals surface area contributed by atoms with Crippen LogP contribution in [0.3, 0.4) is 0 Å². The van der Waals surface area contributed by atoms with E-state index in [4.69, 9.17) is 4.74 Å². The van der Waals surface area contributed by atoms with Crippen molar-refractivity contribution >= 4 is 17.7 Å². The van der Waals surface area contributed by atoms with E-state index in [1.165, 1.54) is 19.2 Å². The summed E-state index contributed by atoms with van der Waals surface area (Å²) in [7, 11) is 1.18. The fraction of sp³-hybridized carbons (Fsp3) is 0.308. The molecule has 0 aliphatic carbocycles. The van der Waals surface area contributed by atoms with Crippen LogP contribution in [0.15, 0.2) is 18.2 Å². The second-order valence-corrected chi connectivity index (χ2v) is 4.69. The molecule has 6 heteroatoms. The highest BCUT2D eigenvalue weighted by molar-refractivity contribution is 5.95. The van der Waals surface area contributed by atoms with Crippen LogP contribution in [0.2, 0.25) is 0 Å². The number of rotatable bonds is 2. The van der Waals surface area contributed by atoms with Crippen LogP contribution in [0, 0.1) is 10.1 Å². The number of esters is 1. The molecule has 1 aromatic carbocycles. The molecule has 0 saturated heterocycles. The number of carbonyl (C=O) groups excluding carboxylic acids is 1. The van der Waals surface area contributed by atoms with Gasteiger partial charge in [-0.15, -0.1) is 0 Å². The molecule has 0 atom stereocenters. The molecule has 1 aliphatic rings. The van der Waals surface area contributed by atoms with Gasteiger partial charge in [-0.1, -0.05) is 6.08 Å². The third kappa shape index (κ3) is 2.42. The van der Waals surface area contributed by atoms with Gasteiger partial charge in [0.2, 0.25) is 0 Å². The molecule has 0 aromatic heterocycles. The summed E-state index contributed by atoms with van der Waals surface area (Å²) in [6.45, 7) is 3.68. The molecule has 0 N–H and O–H groups in total. The maximum atomic E-state index is 11.6. The third-order valence-corrected chi connectivity index (χ3v) is 2.77. The van der Waals surface area contributed by atoms with Gasteiger partial charge in [-0.05, 0) is 26.0 Å². The Balaban J connectivity index is 2.60. The fourth-order valence-electron chi connectivity index (χ4n) is 1.84. The lowest BCUT2D eigenvalue weighted by molar-refractivity contribution is -0.385. The fourth-order valence-corrected chi connectivity index (χ4v) is 1.84. The molecule has 6 nitrogen and oxygen atoms in total. The highest BCUT2D eigenvalue weighted by Gasteiger charge is 2.28. The monoisotopic (exact) mass is 263 g/mol. The van der Waals surface area contributed by atoms with Gasteiger partial charge in [-0.2, -0.15) is 0 Å². The van der Waals surface area contributed by atoms with Crippen LogP contribution >= 0.6 is 0 Å². The van der Waals surface area contributed by atoms with Crippen LogP contribution in [0.4, 0.5) is 5.69 Å². The lowest BCUT2D eigenvalue weighted by Gasteiger charge is -2.27. The summed E-state index contributed by atoms with van der Waals surface area (Å²) in [4.78, 5) is 21.9. The lowest BCUT2D eigenvalue weighted by Crippen LogP contribution is -2.27. The summed E-state index contributed by atoms with van der Waals surface area (Å²) in [5, 5.41) is 11.0. The minimum atomic E-state index is -0.743. The molecule has 0 bridgehead atoms. The van der Waals surface area contributed by atoms with E-state index in [9.17, 15) is 14.9 Å². The van der Waals surface area contributed by atoms with Crippen molar-refractivity contribution in [1.82, 2.24) is 0 Å². The van der Waals surface area contributed by atoms with Gasteiger partial charge < -0.3 is 9.47 Å². The molecule has 0 saturated carbocycles. The Morgan fingerprint density at radius 1 is 1.42 bits per heavy atom. The predicted octanol–water partition coefficient (Wildman–Crippen LogP) is 2.57. The first kappa shape index (κ1) is 13.1. The number of nitro groups is 1. The summed E-state index contributed by atoms with van der Waals surface area (Å²) >= 11 is 0. The number of ether oxygens (including phenoxy) is 2. The second-order valence-electron chi connectivity index (χ2n) is 4.69. The molecule has 0 amide bonds. The van der Waals surface area contributed by atoms with Gasteiger partial charge in [-0.25, -0.2) is 4.79 Å². The van der Waals surface area contributed by atoms with Crippen molar-refractivity contribution in [2.45, 2.75) is 19.4 Å². The van der Waals surface area contributed by atoms with Gasteiger partial charge in [0.15, 0.2) is 0 Å². The van der Waals surface area contributed by atoms with Crippen LogP contribution in [0.5, 0.6) is 5.75 Å². The van der Waals surface area contributed by atoms with Gasteiger partial charge >= 0.3 is 5.97 Å². The highest BCUT2D eigenvalue weighted by Crippen LogP contribution is 2.36. The van der Waals surface area contributed by atoms with Crippen molar-refractivity contribution in [3.8, 4) is 5.75 Å². The Bertz CT molecular complexity index is 589. The first-order valence-electron chi connectivity index (χ1n) is 5.63. The first-order valence-corrected chi connectivity index (χ1v) is 5.63. The van der Waals surface area contributed by atoms with Gasteiger partial charge in [-0.3, -0.25) is 10.1 Å². The van der Waals surface area contributed by atoms with Crippen LogP contribution < -0.4 is 4.74 Å². The predicted molar refractivity (Wildman–Crippen MR) is 68.2 cm³/mol. The zero-order valence-electron chi connectivity index (χ0n) is 10.8. The first-order chi connectivity index (χ1) is 8.84. The molecular weight excluding hydrogens is 250 g/mol. The number of hydrogen-bond acceptors (Lipinski definition) is 5. The standard InChI is InChI=1S/C13H13NO5/c1-13(2)5-4-8-6-9(12(15)18-3)10(14(16)17)7-11(8)19-13/h4-7H,1-3H3. The molecule has 100 valence electrons. The molecule has 1 aromatic rings. The van der Waals surface area contributed by atoms with E-state index in [2.05, 4.69) is 4.74 Å². The molecule has 0 spiro atoms. The van der Waals surface area contributed by atoms with E-state index in [-0.39, 0.29) is 11.3 Å². The van der Waals surface area contributed by atoms with Crippen molar-refractivity contribution in [3.05, 3.63) is 39.4 Å². The number of hydrogen-bond donors (Lipinski definition) is 0.